The van der Waals surface area contributed by atoms with Gasteiger partial charge in [0, 0.05) is 11.6 Å². The maximum atomic E-state index is 12.7. The molecule has 4 heteroatoms. The molecular weight excluding hydrogens is 202 g/mol. The van der Waals surface area contributed by atoms with E-state index in [4.69, 9.17) is 0 Å². The highest BCUT2D eigenvalue weighted by Gasteiger charge is 1.98. The molecule has 0 amide bonds. The highest BCUT2D eigenvalue weighted by atomic mass is 19.1. The highest BCUT2D eigenvalue weighted by molar-refractivity contribution is 5.72. The van der Waals surface area contributed by atoms with Crippen LogP contribution in [0, 0.1) is 23.5 Å². The molecular formula is C11H8F2O2. The lowest BCUT2D eigenvalue weighted by Crippen LogP contribution is -1.97. The Morgan fingerprint density at radius 2 is 1.93 bits per heavy atom. The molecule has 0 aliphatic rings. The zero-order chi connectivity index (χ0) is 11.3. The van der Waals surface area contributed by atoms with E-state index in [1.165, 1.54) is 7.11 Å². The minimum absolute atomic E-state index is 0.103. The fraction of sp³-hybridized carbons (Fsp3) is 0.182. The number of hydrogen-bond acceptors (Lipinski definition) is 2. The first-order chi connectivity index (χ1) is 7.11. The molecule has 0 aromatic heterocycles. The van der Waals surface area contributed by atoms with Gasteiger partial charge in [0.2, 0.25) is 0 Å². The van der Waals surface area contributed by atoms with E-state index in [0.717, 1.165) is 18.2 Å². The molecule has 0 saturated carbocycles. The van der Waals surface area contributed by atoms with Crippen LogP contribution in [0.5, 0.6) is 0 Å². The zero-order valence-corrected chi connectivity index (χ0v) is 8.01. The fourth-order valence-electron chi connectivity index (χ4n) is 0.917. The van der Waals surface area contributed by atoms with Crippen molar-refractivity contribution in [3.05, 3.63) is 35.4 Å². The van der Waals surface area contributed by atoms with Gasteiger partial charge in [-0.2, -0.15) is 0 Å². The van der Waals surface area contributed by atoms with E-state index < -0.39 is 17.6 Å². The normalized spacial score (nSPS) is 9.00. The zero-order valence-electron chi connectivity index (χ0n) is 8.01. The summed E-state index contributed by atoms with van der Waals surface area (Å²) in [5.74, 6) is 3.03. The monoisotopic (exact) mass is 210 g/mol. The van der Waals surface area contributed by atoms with E-state index >= 15 is 0 Å². The number of hydrogen-bond donors (Lipinski definition) is 0. The molecule has 0 saturated heterocycles. The van der Waals surface area contributed by atoms with E-state index in [2.05, 4.69) is 16.6 Å². The van der Waals surface area contributed by atoms with Crippen molar-refractivity contribution in [1.82, 2.24) is 0 Å². The smallest absolute Gasteiger partial charge is 0.317 e. The number of carbonyl (C=O) groups excluding carboxylic acids is 1. The van der Waals surface area contributed by atoms with Gasteiger partial charge in [0.1, 0.15) is 18.1 Å². The Hall–Kier alpha value is -1.89. The molecule has 0 N–H and O–H groups in total. The Labute approximate surface area is 85.9 Å². The molecule has 0 aliphatic carbocycles. The van der Waals surface area contributed by atoms with Crippen LogP contribution in [-0.4, -0.2) is 13.1 Å². The SMILES string of the molecule is COC(=O)CC#Cc1cc(F)cc(F)c1. The molecule has 0 atom stereocenters. The summed E-state index contributed by atoms with van der Waals surface area (Å²) >= 11 is 0. The quantitative estimate of drug-likeness (QED) is 0.522. The van der Waals surface area contributed by atoms with Crippen LogP contribution in [-0.2, 0) is 9.53 Å². The average Bonchev–Trinajstić information content (AvgIpc) is 2.16. The number of benzene rings is 1. The van der Waals surface area contributed by atoms with E-state index in [9.17, 15) is 13.6 Å². The van der Waals surface area contributed by atoms with Crippen molar-refractivity contribution < 1.29 is 18.3 Å². The molecule has 0 spiro atoms. The predicted molar refractivity (Wildman–Crippen MR) is 49.9 cm³/mol. The summed E-state index contributed by atoms with van der Waals surface area (Å²) in [5.41, 5.74) is 0.191. The molecule has 15 heavy (non-hydrogen) atoms. The topological polar surface area (TPSA) is 26.3 Å². The molecule has 0 bridgehead atoms. The Balaban J connectivity index is 2.75. The van der Waals surface area contributed by atoms with E-state index in [1.54, 1.807) is 0 Å². The van der Waals surface area contributed by atoms with Crippen LogP contribution in [0.2, 0.25) is 0 Å². The van der Waals surface area contributed by atoms with Crippen molar-refractivity contribution in [1.29, 1.82) is 0 Å². The molecule has 2 nitrogen and oxygen atoms in total. The lowest BCUT2D eigenvalue weighted by atomic mass is 10.2. The standard InChI is InChI=1S/C11H8F2O2/c1-15-11(14)4-2-3-8-5-9(12)7-10(13)6-8/h5-7H,4H2,1H3. The van der Waals surface area contributed by atoms with Gasteiger partial charge in [0.05, 0.1) is 7.11 Å². The van der Waals surface area contributed by atoms with Gasteiger partial charge in [-0.25, -0.2) is 8.78 Å². The third kappa shape index (κ3) is 3.77. The summed E-state index contributed by atoms with van der Waals surface area (Å²) in [6.45, 7) is 0. The van der Waals surface area contributed by atoms with Gasteiger partial charge in [0.15, 0.2) is 0 Å². The van der Waals surface area contributed by atoms with Crippen LogP contribution < -0.4 is 0 Å². The summed E-state index contributed by atoms with van der Waals surface area (Å²) < 4.78 is 29.7. The number of carbonyl (C=O) groups is 1. The largest absolute Gasteiger partial charge is 0.468 e. The Morgan fingerprint density at radius 1 is 1.33 bits per heavy atom. The van der Waals surface area contributed by atoms with E-state index in [1.807, 2.05) is 0 Å². The van der Waals surface area contributed by atoms with Crippen LogP contribution in [0.4, 0.5) is 8.78 Å². The van der Waals surface area contributed by atoms with Crippen molar-refractivity contribution >= 4 is 5.97 Å². The third-order valence-electron chi connectivity index (χ3n) is 1.56. The first-order valence-electron chi connectivity index (χ1n) is 4.13. The van der Waals surface area contributed by atoms with Crippen LogP contribution in [0.1, 0.15) is 12.0 Å². The highest BCUT2D eigenvalue weighted by Crippen LogP contribution is 2.06. The first-order valence-corrected chi connectivity index (χ1v) is 4.13. The van der Waals surface area contributed by atoms with Crippen LogP contribution in [0.25, 0.3) is 0 Å². The lowest BCUT2D eigenvalue weighted by molar-refractivity contribution is -0.139. The summed E-state index contributed by atoms with van der Waals surface area (Å²) in [5, 5.41) is 0. The molecule has 0 fully saturated rings. The summed E-state index contributed by atoms with van der Waals surface area (Å²) in [4.78, 5) is 10.7. The molecule has 78 valence electrons. The molecule has 0 radical (unpaired) electrons. The molecule has 0 heterocycles. The number of rotatable bonds is 1. The Morgan fingerprint density at radius 3 is 2.47 bits per heavy atom. The van der Waals surface area contributed by atoms with Crippen molar-refractivity contribution in [2.45, 2.75) is 6.42 Å². The van der Waals surface area contributed by atoms with Crippen molar-refractivity contribution in [2.24, 2.45) is 0 Å². The summed E-state index contributed by atoms with van der Waals surface area (Å²) in [6, 6.07) is 2.94. The number of ether oxygens (including phenoxy) is 1. The fourth-order valence-corrected chi connectivity index (χ4v) is 0.917. The van der Waals surface area contributed by atoms with Crippen molar-refractivity contribution in [3.63, 3.8) is 0 Å². The van der Waals surface area contributed by atoms with Crippen LogP contribution >= 0.6 is 0 Å². The Kier molecular flexibility index (Phi) is 3.81. The summed E-state index contributed by atoms with van der Waals surface area (Å²) in [7, 11) is 1.24. The van der Waals surface area contributed by atoms with Crippen molar-refractivity contribution in [2.75, 3.05) is 7.11 Å². The maximum absolute atomic E-state index is 12.7. The van der Waals surface area contributed by atoms with Gasteiger partial charge in [-0.15, -0.1) is 0 Å². The van der Waals surface area contributed by atoms with Crippen molar-refractivity contribution in [3.8, 4) is 11.8 Å². The average molecular weight is 210 g/mol. The second kappa shape index (κ2) is 5.11. The minimum Gasteiger partial charge on any atom is -0.468 e. The summed E-state index contributed by atoms with van der Waals surface area (Å²) in [6.07, 6.45) is -0.103. The molecule has 0 unspecified atom stereocenters. The van der Waals surface area contributed by atoms with Gasteiger partial charge in [-0.05, 0) is 12.1 Å². The lowest BCUT2D eigenvalue weighted by Gasteiger charge is -1.92. The van der Waals surface area contributed by atoms with E-state index in [-0.39, 0.29) is 12.0 Å². The van der Waals surface area contributed by atoms with Gasteiger partial charge in [-0.3, -0.25) is 4.79 Å². The molecule has 1 rings (SSSR count). The molecule has 1 aromatic rings. The van der Waals surface area contributed by atoms with Crippen LogP contribution in [0.3, 0.4) is 0 Å². The Bertz CT molecular complexity index is 410. The second-order valence-electron chi connectivity index (χ2n) is 2.71. The second-order valence-corrected chi connectivity index (χ2v) is 2.71. The molecule has 0 aliphatic heterocycles. The third-order valence-corrected chi connectivity index (χ3v) is 1.56. The number of esters is 1. The molecule has 1 aromatic carbocycles. The van der Waals surface area contributed by atoms with Gasteiger partial charge in [0.25, 0.3) is 0 Å². The van der Waals surface area contributed by atoms with Gasteiger partial charge < -0.3 is 4.74 Å². The van der Waals surface area contributed by atoms with Gasteiger partial charge in [-0.1, -0.05) is 11.8 Å². The van der Waals surface area contributed by atoms with E-state index in [0.29, 0.717) is 0 Å². The number of halogens is 2. The first kappa shape index (κ1) is 11.2. The maximum Gasteiger partial charge on any atom is 0.317 e. The predicted octanol–water partition coefficient (Wildman–Crippen LogP) is 1.88. The van der Waals surface area contributed by atoms with Crippen LogP contribution in [0.15, 0.2) is 18.2 Å². The number of methoxy groups -OCH3 is 1. The van der Waals surface area contributed by atoms with Gasteiger partial charge >= 0.3 is 5.97 Å². The minimum atomic E-state index is -0.697.